The monoisotopic (exact) mass is 204 g/mol. The largest absolute Gasteiger partial charge is 0.351 e. The third-order valence-corrected chi connectivity index (χ3v) is 3.00. The smallest absolute Gasteiger partial charge is 0.315 e. The number of aryl methyl sites for hydroxylation is 1. The van der Waals surface area contributed by atoms with Crippen LogP contribution in [0.4, 0.5) is 4.79 Å². The van der Waals surface area contributed by atoms with Gasteiger partial charge in [0, 0.05) is 13.1 Å². The Bertz CT molecular complexity index is 387. The molecular formula is C12H16N2O. The van der Waals surface area contributed by atoms with E-state index in [-0.39, 0.29) is 6.03 Å². The molecule has 3 nitrogen and oxygen atoms in total. The van der Waals surface area contributed by atoms with Crippen LogP contribution < -0.4 is 5.73 Å². The summed E-state index contributed by atoms with van der Waals surface area (Å²) in [5.74, 6) is 0. The highest BCUT2D eigenvalue weighted by Crippen LogP contribution is 2.20. The van der Waals surface area contributed by atoms with Crippen LogP contribution in [0.2, 0.25) is 0 Å². The zero-order valence-corrected chi connectivity index (χ0v) is 8.99. The molecule has 80 valence electrons. The number of carbonyl (C=O) groups is 1. The van der Waals surface area contributed by atoms with Gasteiger partial charge in [-0.15, -0.1) is 0 Å². The van der Waals surface area contributed by atoms with Crippen LogP contribution in [0.1, 0.15) is 23.6 Å². The van der Waals surface area contributed by atoms with Crippen molar-refractivity contribution < 1.29 is 4.79 Å². The zero-order valence-electron chi connectivity index (χ0n) is 8.99. The first kappa shape index (κ1) is 10.0. The van der Waals surface area contributed by atoms with Crippen LogP contribution in [0.25, 0.3) is 0 Å². The Labute approximate surface area is 89.9 Å². The number of carbonyl (C=O) groups excluding carboxylic acids is 1. The molecule has 1 aliphatic heterocycles. The van der Waals surface area contributed by atoms with E-state index in [1.165, 1.54) is 16.7 Å². The zero-order chi connectivity index (χ0) is 10.8. The summed E-state index contributed by atoms with van der Waals surface area (Å²) in [5, 5.41) is 0. The maximum Gasteiger partial charge on any atom is 0.315 e. The van der Waals surface area contributed by atoms with Crippen molar-refractivity contribution in [2.45, 2.75) is 26.3 Å². The lowest BCUT2D eigenvalue weighted by molar-refractivity contribution is 0.202. The fraction of sp³-hybridized carbons (Fsp3) is 0.417. The van der Waals surface area contributed by atoms with Crippen molar-refractivity contribution in [2.75, 3.05) is 6.54 Å². The molecule has 0 radical (unpaired) electrons. The molecule has 1 aromatic carbocycles. The molecule has 0 saturated carbocycles. The topological polar surface area (TPSA) is 46.3 Å². The second-order valence-electron chi connectivity index (χ2n) is 3.97. The average Bonchev–Trinajstić information content (AvgIpc) is 2.27. The number of benzene rings is 1. The Kier molecular flexibility index (Phi) is 2.62. The molecular weight excluding hydrogens is 188 g/mol. The Balaban J connectivity index is 2.27. The van der Waals surface area contributed by atoms with Gasteiger partial charge in [-0.3, -0.25) is 0 Å². The molecule has 0 aliphatic carbocycles. The Morgan fingerprint density at radius 3 is 2.93 bits per heavy atom. The Hall–Kier alpha value is -1.51. The van der Waals surface area contributed by atoms with Gasteiger partial charge in [0.25, 0.3) is 0 Å². The Morgan fingerprint density at radius 2 is 2.27 bits per heavy atom. The summed E-state index contributed by atoms with van der Waals surface area (Å²) in [6, 6.07) is 6.21. The molecule has 15 heavy (non-hydrogen) atoms. The summed E-state index contributed by atoms with van der Waals surface area (Å²) >= 11 is 0. The lowest BCUT2D eigenvalue weighted by Gasteiger charge is -2.27. The summed E-state index contributed by atoms with van der Waals surface area (Å²) in [6.07, 6.45) is 1.95. The fourth-order valence-corrected chi connectivity index (χ4v) is 2.02. The number of primary amides is 1. The molecule has 2 amide bonds. The number of nitrogens with zero attached hydrogens (tertiary/aromatic N) is 1. The summed E-state index contributed by atoms with van der Waals surface area (Å²) in [4.78, 5) is 12.8. The van der Waals surface area contributed by atoms with Crippen molar-refractivity contribution in [1.29, 1.82) is 0 Å². The van der Waals surface area contributed by atoms with Gasteiger partial charge < -0.3 is 10.6 Å². The van der Waals surface area contributed by atoms with E-state index in [0.717, 1.165) is 19.4 Å². The number of urea groups is 1. The molecule has 1 heterocycles. The molecule has 0 fully saturated rings. The van der Waals surface area contributed by atoms with Crippen LogP contribution in [0.5, 0.6) is 0 Å². The van der Waals surface area contributed by atoms with Gasteiger partial charge in [0.2, 0.25) is 0 Å². The molecule has 2 rings (SSSR count). The molecule has 2 N–H and O–H groups in total. The van der Waals surface area contributed by atoms with Crippen LogP contribution in [-0.2, 0) is 19.4 Å². The summed E-state index contributed by atoms with van der Waals surface area (Å²) in [6.45, 7) is 3.54. The van der Waals surface area contributed by atoms with E-state index >= 15 is 0 Å². The number of hydrogen-bond acceptors (Lipinski definition) is 1. The van der Waals surface area contributed by atoms with E-state index in [2.05, 4.69) is 25.1 Å². The van der Waals surface area contributed by atoms with Crippen LogP contribution in [0.15, 0.2) is 18.2 Å². The van der Waals surface area contributed by atoms with Gasteiger partial charge in [0.15, 0.2) is 0 Å². The van der Waals surface area contributed by atoms with Crippen molar-refractivity contribution in [3.05, 3.63) is 34.9 Å². The highest BCUT2D eigenvalue weighted by atomic mass is 16.2. The lowest BCUT2D eigenvalue weighted by Crippen LogP contribution is -2.39. The van der Waals surface area contributed by atoms with Crippen molar-refractivity contribution in [3.63, 3.8) is 0 Å². The first-order valence-corrected chi connectivity index (χ1v) is 5.35. The van der Waals surface area contributed by atoms with E-state index in [0.29, 0.717) is 6.54 Å². The number of nitrogens with two attached hydrogens (primary N) is 1. The van der Waals surface area contributed by atoms with Gasteiger partial charge in [-0.25, -0.2) is 4.79 Å². The van der Waals surface area contributed by atoms with Gasteiger partial charge >= 0.3 is 6.03 Å². The predicted octanol–water partition coefficient (Wildman–Crippen LogP) is 1.69. The molecule has 0 aromatic heterocycles. The molecule has 0 bridgehead atoms. The third-order valence-electron chi connectivity index (χ3n) is 3.00. The van der Waals surface area contributed by atoms with E-state index in [1.54, 1.807) is 4.90 Å². The second kappa shape index (κ2) is 3.93. The van der Waals surface area contributed by atoms with E-state index in [4.69, 9.17) is 5.73 Å². The van der Waals surface area contributed by atoms with E-state index < -0.39 is 0 Å². The van der Waals surface area contributed by atoms with Gasteiger partial charge in [0.1, 0.15) is 0 Å². The van der Waals surface area contributed by atoms with Crippen molar-refractivity contribution in [2.24, 2.45) is 5.73 Å². The first-order valence-electron chi connectivity index (χ1n) is 5.35. The molecule has 3 heteroatoms. The predicted molar refractivity (Wildman–Crippen MR) is 59.5 cm³/mol. The quantitative estimate of drug-likeness (QED) is 0.743. The summed E-state index contributed by atoms with van der Waals surface area (Å²) < 4.78 is 0. The van der Waals surface area contributed by atoms with Crippen molar-refractivity contribution in [3.8, 4) is 0 Å². The second-order valence-corrected chi connectivity index (χ2v) is 3.97. The number of rotatable bonds is 1. The van der Waals surface area contributed by atoms with Crippen molar-refractivity contribution in [1.82, 2.24) is 4.90 Å². The minimum Gasteiger partial charge on any atom is -0.351 e. The van der Waals surface area contributed by atoms with E-state index in [1.807, 2.05) is 0 Å². The highest BCUT2D eigenvalue weighted by Gasteiger charge is 2.18. The number of amides is 2. The fourth-order valence-electron chi connectivity index (χ4n) is 2.02. The minimum absolute atomic E-state index is 0.317. The lowest BCUT2D eigenvalue weighted by atomic mass is 9.97. The molecule has 0 saturated heterocycles. The molecule has 0 unspecified atom stereocenters. The van der Waals surface area contributed by atoms with Gasteiger partial charge in [-0.2, -0.15) is 0 Å². The molecule has 1 aliphatic rings. The normalized spacial score (nSPS) is 14.9. The van der Waals surface area contributed by atoms with Crippen LogP contribution >= 0.6 is 0 Å². The SMILES string of the molecule is CCc1ccc2c(c1)CN(C(N)=O)CC2. The third kappa shape index (κ3) is 1.96. The molecule has 0 spiro atoms. The first-order chi connectivity index (χ1) is 7.20. The number of fused-ring (bicyclic) bond motifs is 1. The average molecular weight is 204 g/mol. The molecule has 1 aromatic rings. The maximum absolute atomic E-state index is 11.1. The standard InChI is InChI=1S/C12H16N2O/c1-2-9-3-4-10-5-6-14(12(13)15)8-11(10)7-9/h3-4,7H,2,5-6,8H2,1H3,(H2,13,15). The summed E-state index contributed by atoms with van der Waals surface area (Å²) in [5.41, 5.74) is 9.20. The van der Waals surface area contributed by atoms with Crippen LogP contribution in [0, 0.1) is 0 Å². The van der Waals surface area contributed by atoms with E-state index in [9.17, 15) is 4.79 Å². The van der Waals surface area contributed by atoms with Gasteiger partial charge in [-0.05, 0) is 29.5 Å². The van der Waals surface area contributed by atoms with Gasteiger partial charge in [0.05, 0.1) is 0 Å². The van der Waals surface area contributed by atoms with Crippen LogP contribution in [-0.4, -0.2) is 17.5 Å². The van der Waals surface area contributed by atoms with Crippen molar-refractivity contribution >= 4 is 6.03 Å². The minimum atomic E-state index is -0.317. The highest BCUT2D eigenvalue weighted by molar-refractivity contribution is 5.72. The number of hydrogen-bond donors (Lipinski definition) is 1. The van der Waals surface area contributed by atoms with Gasteiger partial charge in [-0.1, -0.05) is 25.1 Å². The molecule has 0 atom stereocenters. The Morgan fingerprint density at radius 1 is 1.47 bits per heavy atom. The van der Waals surface area contributed by atoms with Crippen LogP contribution in [0.3, 0.4) is 0 Å². The summed E-state index contributed by atoms with van der Waals surface area (Å²) in [7, 11) is 0. The maximum atomic E-state index is 11.1.